The van der Waals surface area contributed by atoms with Gasteiger partial charge in [-0.2, -0.15) is 0 Å². The molecule has 100 valence electrons. The van der Waals surface area contributed by atoms with Crippen molar-refractivity contribution >= 4 is 0 Å². The summed E-state index contributed by atoms with van der Waals surface area (Å²) in [5.74, 6) is 2.07. The molecule has 1 N–H and O–H groups in total. The molecule has 4 nitrogen and oxygen atoms in total. The first kappa shape index (κ1) is 13.0. The van der Waals surface area contributed by atoms with Gasteiger partial charge in [-0.1, -0.05) is 6.42 Å². The van der Waals surface area contributed by atoms with Gasteiger partial charge in [-0.05, 0) is 18.9 Å². The molecule has 1 fully saturated rings. The van der Waals surface area contributed by atoms with Crippen molar-refractivity contribution in [1.82, 2.24) is 0 Å². The minimum absolute atomic E-state index is 0.138. The largest absolute Gasteiger partial charge is 0.496 e. The lowest BCUT2D eigenvalue weighted by atomic mass is 9.64. The number of benzene rings is 1. The molecule has 0 heterocycles. The predicted molar refractivity (Wildman–Crippen MR) is 68.7 cm³/mol. The third-order valence-corrected chi connectivity index (χ3v) is 3.89. The monoisotopic (exact) mass is 252 g/mol. The van der Waals surface area contributed by atoms with Gasteiger partial charge < -0.3 is 19.3 Å². The molecule has 18 heavy (non-hydrogen) atoms. The molecule has 0 aromatic heterocycles. The zero-order valence-electron chi connectivity index (χ0n) is 11.2. The summed E-state index contributed by atoms with van der Waals surface area (Å²) in [6, 6.07) is 3.75. The average molecular weight is 252 g/mol. The van der Waals surface area contributed by atoms with Crippen LogP contribution < -0.4 is 14.2 Å². The van der Waals surface area contributed by atoms with Gasteiger partial charge in [0.05, 0.1) is 27.9 Å². The first-order valence-corrected chi connectivity index (χ1v) is 6.12. The van der Waals surface area contributed by atoms with Crippen molar-refractivity contribution in [3.05, 3.63) is 17.7 Å². The van der Waals surface area contributed by atoms with Crippen LogP contribution in [0.2, 0.25) is 0 Å². The van der Waals surface area contributed by atoms with Crippen LogP contribution in [0.15, 0.2) is 12.1 Å². The summed E-state index contributed by atoms with van der Waals surface area (Å²) in [7, 11) is 4.84. The molecule has 1 aromatic rings. The zero-order chi connectivity index (χ0) is 13.2. The molecule has 0 radical (unpaired) electrons. The van der Waals surface area contributed by atoms with Crippen molar-refractivity contribution in [3.63, 3.8) is 0 Å². The molecule has 0 bridgehead atoms. The van der Waals surface area contributed by atoms with E-state index in [1.807, 2.05) is 12.1 Å². The Bertz CT molecular complexity index is 419. The predicted octanol–water partition coefficient (Wildman–Crippen LogP) is 2.13. The summed E-state index contributed by atoms with van der Waals surface area (Å²) in [6.07, 6.45) is 3.10. The number of aliphatic hydroxyl groups is 1. The first-order valence-electron chi connectivity index (χ1n) is 6.12. The van der Waals surface area contributed by atoms with Crippen molar-refractivity contribution in [2.75, 3.05) is 27.9 Å². The molecular weight excluding hydrogens is 232 g/mol. The molecule has 0 amide bonds. The SMILES string of the molecule is COc1cc(OC)c(C2(CO)CCC2)cc1OC. The van der Waals surface area contributed by atoms with Crippen molar-refractivity contribution in [1.29, 1.82) is 0 Å². The summed E-state index contributed by atoms with van der Waals surface area (Å²) in [4.78, 5) is 0. The van der Waals surface area contributed by atoms with E-state index in [4.69, 9.17) is 14.2 Å². The van der Waals surface area contributed by atoms with Crippen LogP contribution in [0.4, 0.5) is 0 Å². The van der Waals surface area contributed by atoms with E-state index in [9.17, 15) is 5.11 Å². The Morgan fingerprint density at radius 2 is 1.56 bits per heavy atom. The minimum atomic E-state index is -0.176. The van der Waals surface area contributed by atoms with E-state index in [1.54, 1.807) is 21.3 Å². The maximum Gasteiger partial charge on any atom is 0.164 e. The van der Waals surface area contributed by atoms with Crippen LogP contribution in [0.5, 0.6) is 17.2 Å². The van der Waals surface area contributed by atoms with E-state index >= 15 is 0 Å². The van der Waals surface area contributed by atoms with Crippen LogP contribution in [-0.2, 0) is 5.41 Å². The quantitative estimate of drug-likeness (QED) is 0.872. The summed E-state index contributed by atoms with van der Waals surface area (Å²) in [6.45, 7) is 0.138. The van der Waals surface area contributed by atoms with E-state index in [1.165, 1.54) is 0 Å². The topological polar surface area (TPSA) is 47.9 Å². The Morgan fingerprint density at radius 3 is 1.94 bits per heavy atom. The number of hydrogen-bond acceptors (Lipinski definition) is 4. The average Bonchev–Trinajstić information content (AvgIpc) is 2.37. The van der Waals surface area contributed by atoms with Crippen molar-refractivity contribution in [2.24, 2.45) is 0 Å². The van der Waals surface area contributed by atoms with Gasteiger partial charge in [-0.15, -0.1) is 0 Å². The second-order valence-corrected chi connectivity index (χ2v) is 4.70. The molecule has 0 aliphatic heterocycles. The number of aliphatic hydroxyl groups excluding tert-OH is 1. The zero-order valence-corrected chi connectivity index (χ0v) is 11.2. The Morgan fingerprint density at radius 1 is 1.00 bits per heavy atom. The van der Waals surface area contributed by atoms with Gasteiger partial charge in [0.25, 0.3) is 0 Å². The lowest BCUT2D eigenvalue weighted by molar-refractivity contribution is 0.117. The standard InChI is InChI=1S/C14H20O4/c1-16-11-8-13(18-3)12(17-2)7-10(11)14(9-15)5-4-6-14/h7-8,15H,4-6,9H2,1-3H3. The fraction of sp³-hybridized carbons (Fsp3) is 0.571. The summed E-state index contributed by atoms with van der Waals surface area (Å²) in [5.41, 5.74) is 0.835. The second kappa shape index (κ2) is 5.06. The molecule has 0 unspecified atom stereocenters. The van der Waals surface area contributed by atoms with E-state index in [0.717, 1.165) is 30.6 Å². The fourth-order valence-corrected chi connectivity index (χ4v) is 2.56. The van der Waals surface area contributed by atoms with Crippen molar-refractivity contribution < 1.29 is 19.3 Å². The van der Waals surface area contributed by atoms with Gasteiger partial charge in [-0.3, -0.25) is 0 Å². The van der Waals surface area contributed by atoms with Crippen LogP contribution in [-0.4, -0.2) is 33.0 Å². The van der Waals surface area contributed by atoms with E-state index in [0.29, 0.717) is 11.5 Å². The highest BCUT2D eigenvalue weighted by Gasteiger charge is 2.40. The Kier molecular flexibility index (Phi) is 3.66. The second-order valence-electron chi connectivity index (χ2n) is 4.70. The van der Waals surface area contributed by atoms with E-state index < -0.39 is 0 Å². The van der Waals surface area contributed by atoms with E-state index in [2.05, 4.69) is 0 Å². The molecule has 1 aliphatic rings. The fourth-order valence-electron chi connectivity index (χ4n) is 2.56. The van der Waals surface area contributed by atoms with Gasteiger partial charge in [-0.25, -0.2) is 0 Å². The Balaban J connectivity index is 2.51. The number of methoxy groups -OCH3 is 3. The van der Waals surface area contributed by atoms with Gasteiger partial charge in [0, 0.05) is 17.0 Å². The van der Waals surface area contributed by atoms with Gasteiger partial charge >= 0.3 is 0 Å². The summed E-state index contributed by atoms with van der Waals surface area (Å²) < 4.78 is 16.0. The molecule has 1 saturated carbocycles. The van der Waals surface area contributed by atoms with E-state index in [-0.39, 0.29) is 12.0 Å². The van der Waals surface area contributed by atoms with Gasteiger partial charge in [0.2, 0.25) is 0 Å². The first-order chi connectivity index (χ1) is 8.70. The molecule has 4 heteroatoms. The summed E-state index contributed by atoms with van der Waals surface area (Å²) >= 11 is 0. The summed E-state index contributed by atoms with van der Waals surface area (Å²) in [5, 5.41) is 9.67. The maximum atomic E-state index is 9.67. The van der Waals surface area contributed by atoms with Crippen LogP contribution in [0, 0.1) is 0 Å². The molecule has 0 saturated heterocycles. The third kappa shape index (κ3) is 1.90. The maximum absolute atomic E-state index is 9.67. The van der Waals surface area contributed by atoms with Gasteiger partial charge in [0.1, 0.15) is 5.75 Å². The Labute approximate surface area is 107 Å². The van der Waals surface area contributed by atoms with Gasteiger partial charge in [0.15, 0.2) is 11.5 Å². The van der Waals surface area contributed by atoms with Crippen LogP contribution >= 0.6 is 0 Å². The number of ether oxygens (including phenoxy) is 3. The highest BCUT2D eigenvalue weighted by molar-refractivity contribution is 5.54. The molecule has 0 spiro atoms. The molecule has 1 aliphatic carbocycles. The molecule has 0 atom stereocenters. The van der Waals surface area contributed by atoms with Crippen LogP contribution in [0.3, 0.4) is 0 Å². The van der Waals surface area contributed by atoms with Crippen molar-refractivity contribution in [2.45, 2.75) is 24.7 Å². The normalized spacial score (nSPS) is 16.9. The van der Waals surface area contributed by atoms with Crippen LogP contribution in [0.25, 0.3) is 0 Å². The molecular formula is C14H20O4. The highest BCUT2D eigenvalue weighted by Crippen LogP contribution is 2.49. The Hall–Kier alpha value is -1.42. The highest BCUT2D eigenvalue weighted by atomic mass is 16.5. The van der Waals surface area contributed by atoms with Crippen molar-refractivity contribution in [3.8, 4) is 17.2 Å². The molecule has 2 rings (SSSR count). The lowest BCUT2D eigenvalue weighted by Crippen LogP contribution is -2.38. The number of rotatable bonds is 5. The minimum Gasteiger partial charge on any atom is -0.496 e. The number of hydrogen-bond donors (Lipinski definition) is 1. The smallest absolute Gasteiger partial charge is 0.164 e. The third-order valence-electron chi connectivity index (χ3n) is 3.89. The molecule has 1 aromatic carbocycles. The lowest BCUT2D eigenvalue weighted by Gasteiger charge is -2.41. The van der Waals surface area contributed by atoms with Crippen LogP contribution in [0.1, 0.15) is 24.8 Å².